The van der Waals surface area contributed by atoms with E-state index in [4.69, 9.17) is 0 Å². The molecule has 1 heterocycles. The molecule has 2 rings (SSSR count). The topological polar surface area (TPSA) is 49.4 Å². The van der Waals surface area contributed by atoms with E-state index >= 15 is 0 Å². The van der Waals surface area contributed by atoms with Crippen molar-refractivity contribution >= 4 is 11.8 Å². The summed E-state index contributed by atoms with van der Waals surface area (Å²) in [5.41, 5.74) is 1.44. The molecule has 4 nitrogen and oxygen atoms in total. The number of nitrogens with one attached hydrogen (secondary N) is 1. The lowest BCUT2D eigenvalue weighted by Gasteiger charge is -2.32. The van der Waals surface area contributed by atoms with Gasteiger partial charge in [-0.3, -0.25) is 9.59 Å². The summed E-state index contributed by atoms with van der Waals surface area (Å²) in [5.74, 6) is 0.722. The highest BCUT2D eigenvalue weighted by atomic mass is 16.2. The number of hydrogen-bond donors (Lipinski definition) is 1. The fourth-order valence-electron chi connectivity index (χ4n) is 2.55. The normalized spacial score (nSPS) is 26.8. The van der Waals surface area contributed by atoms with Crippen molar-refractivity contribution in [3.8, 4) is 0 Å². The van der Waals surface area contributed by atoms with Crippen LogP contribution in [0.2, 0.25) is 0 Å². The van der Waals surface area contributed by atoms with Gasteiger partial charge in [0.15, 0.2) is 0 Å². The largest absolute Gasteiger partial charge is 0.355 e. The number of likely N-dealkylation sites (tertiary alicyclic amines) is 1. The van der Waals surface area contributed by atoms with E-state index in [1.165, 1.54) is 0 Å². The Bertz CT molecular complexity index is 503. The first-order chi connectivity index (χ1) is 9.51. The summed E-state index contributed by atoms with van der Waals surface area (Å²) in [6, 6.07) is 0. The van der Waals surface area contributed by atoms with Gasteiger partial charge in [0.2, 0.25) is 5.91 Å². The number of likely N-dealkylation sites (N-methyl/N-ethyl adjacent to an activating group) is 1. The molecule has 108 valence electrons. The molecule has 1 aliphatic carbocycles. The Morgan fingerprint density at radius 3 is 2.85 bits per heavy atom. The van der Waals surface area contributed by atoms with Crippen molar-refractivity contribution in [3.63, 3.8) is 0 Å². The van der Waals surface area contributed by atoms with Crippen LogP contribution in [0.3, 0.4) is 0 Å². The van der Waals surface area contributed by atoms with Gasteiger partial charge in [0.05, 0.1) is 0 Å². The Balaban J connectivity index is 2.32. The van der Waals surface area contributed by atoms with Crippen molar-refractivity contribution in [2.75, 3.05) is 13.6 Å². The zero-order valence-corrected chi connectivity index (χ0v) is 12.3. The van der Waals surface area contributed by atoms with Crippen molar-refractivity contribution in [1.29, 1.82) is 0 Å². The molecule has 20 heavy (non-hydrogen) atoms. The van der Waals surface area contributed by atoms with Gasteiger partial charge in [-0.05, 0) is 24.3 Å². The van der Waals surface area contributed by atoms with Crippen LogP contribution < -0.4 is 5.32 Å². The third-order valence-electron chi connectivity index (χ3n) is 3.76. The number of hydrogen-bond acceptors (Lipinski definition) is 2. The van der Waals surface area contributed by atoms with Gasteiger partial charge >= 0.3 is 0 Å². The molecule has 1 aliphatic heterocycles. The number of nitrogens with zero attached hydrogens (tertiary/aromatic N) is 1. The summed E-state index contributed by atoms with van der Waals surface area (Å²) in [4.78, 5) is 25.8. The highest BCUT2D eigenvalue weighted by Gasteiger charge is 2.26. The summed E-state index contributed by atoms with van der Waals surface area (Å²) in [5, 5.41) is 2.63. The third-order valence-corrected chi connectivity index (χ3v) is 3.76. The number of allylic oxidation sites excluding steroid dienone is 3. The molecular formula is C16H22N2O2. The van der Waals surface area contributed by atoms with Crippen LogP contribution >= 0.6 is 0 Å². The molecule has 2 unspecified atom stereocenters. The van der Waals surface area contributed by atoms with Crippen molar-refractivity contribution in [3.05, 3.63) is 35.6 Å². The van der Waals surface area contributed by atoms with Crippen molar-refractivity contribution < 1.29 is 9.59 Å². The van der Waals surface area contributed by atoms with E-state index in [1.54, 1.807) is 7.05 Å². The van der Waals surface area contributed by atoms with Crippen LogP contribution in [-0.4, -0.2) is 30.3 Å². The maximum atomic E-state index is 12.1. The molecule has 0 aromatic rings. The molecule has 1 N–H and O–H groups in total. The first-order valence-electron chi connectivity index (χ1n) is 7.15. The average Bonchev–Trinajstić information content (AvgIpc) is 2.62. The van der Waals surface area contributed by atoms with Crippen LogP contribution in [0.15, 0.2) is 35.6 Å². The van der Waals surface area contributed by atoms with Gasteiger partial charge in [0.1, 0.15) is 0 Å². The SMILES string of the molecule is CNC(=O)C1=CC(N2CC(C)CCC2=O)=CC(C)C=C1. The van der Waals surface area contributed by atoms with Gasteiger partial charge in [-0.15, -0.1) is 0 Å². The zero-order chi connectivity index (χ0) is 14.7. The van der Waals surface area contributed by atoms with Crippen molar-refractivity contribution in [1.82, 2.24) is 10.2 Å². The number of rotatable bonds is 2. The summed E-state index contributed by atoms with van der Waals surface area (Å²) in [6.45, 7) is 4.94. The number of amides is 2. The summed E-state index contributed by atoms with van der Waals surface area (Å²) in [6.07, 6.45) is 9.19. The third kappa shape index (κ3) is 3.18. The van der Waals surface area contributed by atoms with E-state index in [-0.39, 0.29) is 17.7 Å². The highest BCUT2D eigenvalue weighted by Crippen LogP contribution is 2.25. The van der Waals surface area contributed by atoms with E-state index in [1.807, 2.05) is 29.2 Å². The Morgan fingerprint density at radius 2 is 2.15 bits per heavy atom. The number of carbonyl (C=O) groups is 2. The quantitative estimate of drug-likeness (QED) is 0.837. The molecule has 0 aromatic heterocycles. The molecule has 4 heteroatoms. The molecule has 0 saturated carbocycles. The Morgan fingerprint density at radius 1 is 1.40 bits per heavy atom. The van der Waals surface area contributed by atoms with E-state index in [0.717, 1.165) is 18.7 Å². The van der Waals surface area contributed by atoms with E-state index in [9.17, 15) is 9.59 Å². The van der Waals surface area contributed by atoms with Gasteiger partial charge in [-0.1, -0.05) is 32.1 Å². The molecule has 1 saturated heterocycles. The molecule has 2 atom stereocenters. The second-order valence-corrected chi connectivity index (χ2v) is 5.64. The minimum Gasteiger partial charge on any atom is -0.355 e. The number of carbonyl (C=O) groups excluding carboxylic acids is 2. The minimum atomic E-state index is -0.126. The fourth-order valence-corrected chi connectivity index (χ4v) is 2.55. The van der Waals surface area contributed by atoms with Crippen molar-refractivity contribution in [2.45, 2.75) is 26.7 Å². The molecule has 0 radical (unpaired) electrons. The Labute approximate surface area is 120 Å². The maximum absolute atomic E-state index is 12.1. The predicted octanol–water partition coefficient (Wildman–Crippen LogP) is 2.01. The van der Waals surface area contributed by atoms with E-state index in [2.05, 4.69) is 19.2 Å². The van der Waals surface area contributed by atoms with Crippen LogP contribution in [0, 0.1) is 11.8 Å². The molecule has 1 fully saturated rings. The average molecular weight is 274 g/mol. The Hall–Kier alpha value is -1.84. The van der Waals surface area contributed by atoms with Crippen LogP contribution in [-0.2, 0) is 9.59 Å². The molecule has 0 bridgehead atoms. The zero-order valence-electron chi connectivity index (χ0n) is 12.3. The second-order valence-electron chi connectivity index (χ2n) is 5.64. The molecule has 0 spiro atoms. The molecule has 2 aliphatic rings. The van der Waals surface area contributed by atoms with Crippen LogP contribution in [0.4, 0.5) is 0 Å². The lowest BCUT2D eigenvalue weighted by atomic mass is 9.98. The van der Waals surface area contributed by atoms with E-state index < -0.39 is 0 Å². The van der Waals surface area contributed by atoms with Crippen LogP contribution in [0.25, 0.3) is 0 Å². The standard InChI is InChI=1S/C16H22N2O2/c1-11-4-6-13(16(20)17-3)9-14(8-11)18-10-12(2)5-7-15(18)19/h4,6,8-9,11-12H,5,7,10H2,1-3H3,(H,17,20). The van der Waals surface area contributed by atoms with Crippen molar-refractivity contribution in [2.24, 2.45) is 11.8 Å². The minimum absolute atomic E-state index is 0.126. The fraction of sp³-hybridized carbons (Fsp3) is 0.500. The second kappa shape index (κ2) is 6.07. The van der Waals surface area contributed by atoms with Gasteiger partial charge in [0, 0.05) is 31.3 Å². The molecule has 0 aromatic carbocycles. The predicted molar refractivity (Wildman–Crippen MR) is 78.6 cm³/mol. The summed E-state index contributed by atoms with van der Waals surface area (Å²) < 4.78 is 0. The van der Waals surface area contributed by atoms with Crippen LogP contribution in [0.1, 0.15) is 26.7 Å². The molecular weight excluding hydrogens is 252 g/mol. The smallest absolute Gasteiger partial charge is 0.251 e. The van der Waals surface area contributed by atoms with Crippen LogP contribution in [0.5, 0.6) is 0 Å². The van der Waals surface area contributed by atoms with Gasteiger partial charge in [-0.25, -0.2) is 0 Å². The molecule has 2 amide bonds. The summed E-state index contributed by atoms with van der Waals surface area (Å²) >= 11 is 0. The van der Waals surface area contributed by atoms with Gasteiger partial charge in [0.25, 0.3) is 5.91 Å². The lowest BCUT2D eigenvalue weighted by molar-refractivity contribution is -0.132. The lowest BCUT2D eigenvalue weighted by Crippen LogP contribution is -2.38. The summed E-state index contributed by atoms with van der Waals surface area (Å²) in [7, 11) is 1.61. The van der Waals surface area contributed by atoms with E-state index in [0.29, 0.717) is 17.9 Å². The first-order valence-corrected chi connectivity index (χ1v) is 7.15. The van der Waals surface area contributed by atoms with Gasteiger partial charge < -0.3 is 10.2 Å². The van der Waals surface area contributed by atoms with Gasteiger partial charge in [-0.2, -0.15) is 0 Å². The maximum Gasteiger partial charge on any atom is 0.251 e. The first kappa shape index (κ1) is 14.6. The monoisotopic (exact) mass is 274 g/mol. The Kier molecular flexibility index (Phi) is 4.42. The number of piperidine rings is 1. The highest BCUT2D eigenvalue weighted by molar-refractivity contribution is 5.96.